The van der Waals surface area contributed by atoms with E-state index in [0.29, 0.717) is 21.8 Å². The minimum absolute atomic E-state index is 0.0607. The summed E-state index contributed by atoms with van der Waals surface area (Å²) < 4.78 is 182. The largest absolute Gasteiger partial charge is 0.416 e. The smallest absolute Gasteiger partial charge is 0.308 e. The van der Waals surface area contributed by atoms with Crippen molar-refractivity contribution in [2.45, 2.75) is 38.6 Å². The van der Waals surface area contributed by atoms with Gasteiger partial charge in [0.15, 0.2) is 0 Å². The fraction of sp³-hybridized carbons (Fsp3) is 0.109. The van der Waals surface area contributed by atoms with Crippen LogP contribution >= 0.6 is 0 Å². The van der Waals surface area contributed by atoms with Gasteiger partial charge in [0.25, 0.3) is 0 Å². The quantitative estimate of drug-likeness (QED) is 0.162. The van der Waals surface area contributed by atoms with Crippen molar-refractivity contribution >= 4 is 65.4 Å². The van der Waals surface area contributed by atoms with Crippen molar-refractivity contribution in [3.8, 4) is 34.3 Å². The molecule has 8 aromatic carbocycles. The van der Waals surface area contributed by atoms with Crippen LogP contribution in [0.1, 0.15) is 38.9 Å². The third kappa shape index (κ3) is 7.15. The lowest BCUT2D eigenvalue weighted by Crippen LogP contribution is -2.13. The van der Waals surface area contributed by atoms with Gasteiger partial charge in [0.2, 0.25) is 0 Å². The van der Waals surface area contributed by atoms with Crippen LogP contribution in [0.5, 0.6) is 0 Å². The molecule has 0 spiro atoms. The van der Waals surface area contributed by atoms with Crippen molar-refractivity contribution in [3.63, 3.8) is 0 Å². The van der Waals surface area contributed by atoms with E-state index >= 15 is 0 Å². The number of fused-ring (bicyclic) bond motifs is 9. The van der Waals surface area contributed by atoms with Gasteiger partial charge in [-0.3, -0.25) is 0 Å². The van der Waals surface area contributed by atoms with Gasteiger partial charge in [0, 0.05) is 37.9 Å². The zero-order chi connectivity index (χ0) is 50.3. The molecule has 11 rings (SSSR count). The number of halogens is 12. The van der Waals surface area contributed by atoms with Crippen molar-refractivity contribution < 1.29 is 52.7 Å². The molecule has 0 fully saturated rings. The average molecular weight is 975 g/mol. The average Bonchev–Trinajstić information content (AvgIpc) is 3.93. The van der Waals surface area contributed by atoms with E-state index in [1.807, 2.05) is 26.0 Å². The summed E-state index contributed by atoms with van der Waals surface area (Å²) in [4.78, 5) is 0. The molecule has 0 unspecified atom stereocenters. The van der Waals surface area contributed by atoms with Gasteiger partial charge in [0.05, 0.1) is 78.0 Å². The van der Waals surface area contributed by atoms with Crippen molar-refractivity contribution in [1.29, 1.82) is 5.26 Å². The van der Waals surface area contributed by atoms with Gasteiger partial charge < -0.3 is 13.7 Å². The van der Waals surface area contributed by atoms with Crippen LogP contribution in [0.15, 0.2) is 146 Å². The number of benzene rings is 8. The number of alkyl halides is 12. The van der Waals surface area contributed by atoms with Crippen molar-refractivity contribution in [3.05, 3.63) is 185 Å². The van der Waals surface area contributed by atoms with Gasteiger partial charge in [-0.25, -0.2) is 0 Å². The summed E-state index contributed by atoms with van der Waals surface area (Å²) in [5.41, 5.74) is -3.94. The first-order valence-corrected chi connectivity index (χ1v) is 21.7. The predicted octanol–water partition coefficient (Wildman–Crippen LogP) is 17.2. The highest BCUT2D eigenvalue weighted by Crippen LogP contribution is 2.50. The number of hydrogen-bond acceptors (Lipinski definition) is 1. The molecule has 0 saturated heterocycles. The molecule has 3 aromatic heterocycles. The molecule has 0 amide bonds. The Balaban J connectivity index is 1.47. The van der Waals surface area contributed by atoms with Gasteiger partial charge in [-0.15, -0.1) is 0 Å². The summed E-state index contributed by atoms with van der Waals surface area (Å²) >= 11 is 0. The molecule has 0 radical (unpaired) electrons. The Kier molecular flexibility index (Phi) is 9.82. The number of rotatable bonds is 4. The number of hydrogen-bond donors (Lipinski definition) is 0. The van der Waals surface area contributed by atoms with E-state index in [1.165, 1.54) is 10.6 Å². The molecule has 0 N–H and O–H groups in total. The maximum absolute atomic E-state index is 14.9. The minimum atomic E-state index is -4.99. The van der Waals surface area contributed by atoms with Crippen molar-refractivity contribution in [2.75, 3.05) is 0 Å². The molecular formula is C55H30F12N4. The summed E-state index contributed by atoms with van der Waals surface area (Å²) in [5, 5.41) is 13.1. The highest BCUT2D eigenvalue weighted by atomic mass is 19.4. The minimum Gasteiger partial charge on any atom is -0.308 e. The van der Waals surface area contributed by atoms with Gasteiger partial charge >= 0.3 is 24.7 Å². The Bertz CT molecular complexity index is 3880. The van der Waals surface area contributed by atoms with Gasteiger partial charge in [0.1, 0.15) is 6.07 Å². The molecule has 3 heterocycles. The lowest BCUT2D eigenvalue weighted by atomic mass is 9.95. The van der Waals surface area contributed by atoms with Crippen LogP contribution in [0.25, 0.3) is 93.6 Å². The van der Waals surface area contributed by atoms with Crippen LogP contribution in [-0.4, -0.2) is 13.7 Å². The highest BCUT2D eigenvalue weighted by Gasteiger charge is 2.37. The lowest BCUT2D eigenvalue weighted by molar-refractivity contribution is -0.138. The number of nitrogens with zero attached hydrogens (tertiary/aromatic N) is 4. The molecule has 0 atom stereocenters. The van der Waals surface area contributed by atoms with Crippen molar-refractivity contribution in [2.24, 2.45) is 0 Å². The van der Waals surface area contributed by atoms with E-state index in [-0.39, 0.29) is 77.4 Å². The molecule has 0 aliphatic rings. The lowest BCUT2D eigenvalue weighted by Gasteiger charge is -2.26. The summed E-state index contributed by atoms with van der Waals surface area (Å²) in [7, 11) is 0. The third-order valence-corrected chi connectivity index (χ3v) is 13.0. The van der Waals surface area contributed by atoms with Crippen LogP contribution in [0, 0.1) is 25.2 Å². The fourth-order valence-electron chi connectivity index (χ4n) is 9.97. The van der Waals surface area contributed by atoms with E-state index in [1.54, 1.807) is 59.2 Å². The molecule has 4 nitrogen and oxygen atoms in total. The summed E-state index contributed by atoms with van der Waals surface area (Å²) in [5.74, 6) is 0. The maximum Gasteiger partial charge on any atom is 0.416 e. The molecular weight excluding hydrogens is 945 g/mol. The SMILES string of the molecule is Cc1ccc2c(c1)c1cc(C)ccc1n2-c1c(C#N)cc(-n2c3cc(C(F)(F)F)ccc3c3ccc(C(F)(F)F)cc32)c(-c2ccccc2)c1-n1c2cc(C(F)(F)F)ccc2c2ccc(C(F)(F)F)cc21. The van der Waals surface area contributed by atoms with Gasteiger partial charge in [-0.2, -0.15) is 57.9 Å². The summed E-state index contributed by atoms with van der Waals surface area (Å²) in [6, 6.07) is 32.8. The standard InChI is InChI=1S/C55H30F12N4/c1-28-8-18-42-40(20-28)41-21-29(2)9-19-43(41)70(42)50-31(27-68)22-48(69-44-23-32(52(56,57)58)10-14-36(44)37-15-11-33(24-45(37)69)53(59,60)61)49(30-6-4-3-5-7-30)51(50)71-46-25-34(54(62,63)64)12-16-38(46)39-17-13-35(26-47(39)71)55(65,66)67/h3-26H,1-2H3. The molecule has 11 aromatic rings. The monoisotopic (exact) mass is 974 g/mol. The number of aromatic nitrogens is 3. The second-order valence-electron chi connectivity index (χ2n) is 17.5. The number of nitriles is 1. The second-order valence-corrected chi connectivity index (χ2v) is 17.5. The summed E-state index contributed by atoms with van der Waals surface area (Å²) in [6.45, 7) is 3.70. The van der Waals surface area contributed by atoms with E-state index < -0.39 is 47.0 Å². The van der Waals surface area contributed by atoms with Gasteiger partial charge in [-0.1, -0.05) is 77.9 Å². The van der Waals surface area contributed by atoms with E-state index in [9.17, 15) is 57.9 Å². The van der Waals surface area contributed by atoms with E-state index in [2.05, 4.69) is 6.07 Å². The molecule has 0 bridgehead atoms. The van der Waals surface area contributed by atoms with Gasteiger partial charge in [-0.05, 0) is 98.3 Å². The first-order chi connectivity index (χ1) is 33.5. The zero-order valence-electron chi connectivity index (χ0n) is 36.7. The Morgan fingerprint density at radius 2 is 0.732 bits per heavy atom. The molecule has 354 valence electrons. The first-order valence-electron chi connectivity index (χ1n) is 21.7. The topological polar surface area (TPSA) is 38.6 Å². The predicted molar refractivity (Wildman–Crippen MR) is 249 cm³/mol. The third-order valence-electron chi connectivity index (χ3n) is 13.0. The Hall–Kier alpha value is -8.19. The Morgan fingerprint density at radius 1 is 0.366 bits per heavy atom. The van der Waals surface area contributed by atoms with E-state index in [4.69, 9.17) is 0 Å². The highest BCUT2D eigenvalue weighted by molar-refractivity contribution is 6.15. The summed E-state index contributed by atoms with van der Waals surface area (Å²) in [6.07, 6.45) is -19.9. The molecule has 0 saturated carbocycles. The Morgan fingerprint density at radius 3 is 1.10 bits per heavy atom. The van der Waals surface area contributed by atoms with Crippen LogP contribution in [-0.2, 0) is 24.7 Å². The van der Waals surface area contributed by atoms with E-state index in [0.717, 1.165) is 88.5 Å². The second kappa shape index (κ2) is 15.4. The fourth-order valence-corrected chi connectivity index (χ4v) is 9.97. The van der Waals surface area contributed by atoms with Crippen LogP contribution in [0.2, 0.25) is 0 Å². The van der Waals surface area contributed by atoms with Crippen molar-refractivity contribution in [1.82, 2.24) is 13.7 Å². The molecule has 16 heteroatoms. The normalized spacial score (nSPS) is 12.9. The zero-order valence-corrected chi connectivity index (χ0v) is 36.7. The first kappa shape index (κ1) is 45.3. The number of aryl methyl sites for hydroxylation is 2. The van der Waals surface area contributed by atoms with Crippen LogP contribution in [0.4, 0.5) is 52.7 Å². The molecule has 0 aliphatic heterocycles. The van der Waals surface area contributed by atoms with Crippen LogP contribution < -0.4 is 0 Å². The maximum atomic E-state index is 14.9. The molecule has 0 aliphatic carbocycles. The molecule has 71 heavy (non-hydrogen) atoms. The van der Waals surface area contributed by atoms with Crippen LogP contribution in [0.3, 0.4) is 0 Å². The Labute approximate surface area is 393 Å².